The molecule has 2 aromatic rings. The molecule has 1 nitrogen and oxygen atoms in total. The molecule has 0 amide bonds. The molecule has 0 fully saturated rings. The third-order valence-electron chi connectivity index (χ3n) is 3.10. The second-order valence-corrected chi connectivity index (χ2v) is 4.18. The summed E-state index contributed by atoms with van der Waals surface area (Å²) in [6.07, 6.45) is 1.12. The highest BCUT2D eigenvalue weighted by Gasteiger charge is 2.13. The fourth-order valence-electron chi connectivity index (χ4n) is 2.36. The first-order chi connectivity index (χ1) is 7.40. The number of benzene rings is 2. The zero-order valence-electron chi connectivity index (χ0n) is 8.39. The number of nitrogens with one attached hydrogen (secondary N) is 1. The minimum Gasteiger partial charge on any atom is -0.384 e. The molecule has 1 aliphatic rings. The maximum absolute atomic E-state index is 5.94. The van der Waals surface area contributed by atoms with Crippen LogP contribution in [0.25, 0.3) is 10.8 Å². The van der Waals surface area contributed by atoms with Crippen LogP contribution in [-0.4, -0.2) is 6.54 Å². The molecule has 0 aromatic heterocycles. The molecule has 0 saturated carbocycles. The Balaban J connectivity index is 2.37. The molecule has 2 aromatic carbocycles. The Morgan fingerprint density at radius 1 is 1.13 bits per heavy atom. The molecular weight excluding hydrogens is 206 g/mol. The van der Waals surface area contributed by atoms with E-state index in [1.165, 1.54) is 27.6 Å². The van der Waals surface area contributed by atoms with E-state index in [0.717, 1.165) is 13.0 Å². The lowest BCUT2D eigenvalue weighted by Gasteiger charge is -2.07. The van der Waals surface area contributed by atoms with Crippen LogP contribution in [0.4, 0.5) is 5.69 Å². The van der Waals surface area contributed by atoms with E-state index in [4.69, 9.17) is 11.6 Å². The Bertz CT molecular complexity index is 519. The number of hydrogen-bond acceptors (Lipinski definition) is 1. The Labute approximate surface area is 94.1 Å². The lowest BCUT2D eigenvalue weighted by molar-refractivity contribution is 1.11. The van der Waals surface area contributed by atoms with Crippen LogP contribution < -0.4 is 5.32 Å². The number of anilines is 1. The number of halogens is 1. The van der Waals surface area contributed by atoms with Crippen LogP contribution in [-0.2, 0) is 12.3 Å². The predicted octanol–water partition coefficient (Wildman–Crippen LogP) is 3.55. The van der Waals surface area contributed by atoms with Crippen molar-refractivity contribution in [3.63, 3.8) is 0 Å². The van der Waals surface area contributed by atoms with Gasteiger partial charge in [0.25, 0.3) is 0 Å². The SMILES string of the molecule is ClCc1cccc2c3c(ccc12)NCC3. The largest absolute Gasteiger partial charge is 0.384 e. The molecule has 0 radical (unpaired) electrons. The van der Waals surface area contributed by atoms with Crippen LogP contribution in [0.15, 0.2) is 30.3 Å². The molecule has 76 valence electrons. The van der Waals surface area contributed by atoms with Crippen molar-refractivity contribution in [2.45, 2.75) is 12.3 Å². The third-order valence-corrected chi connectivity index (χ3v) is 3.39. The van der Waals surface area contributed by atoms with Gasteiger partial charge in [-0.1, -0.05) is 24.3 Å². The van der Waals surface area contributed by atoms with Gasteiger partial charge < -0.3 is 5.32 Å². The highest BCUT2D eigenvalue weighted by Crippen LogP contribution is 2.32. The van der Waals surface area contributed by atoms with E-state index in [-0.39, 0.29) is 0 Å². The highest BCUT2D eigenvalue weighted by molar-refractivity contribution is 6.18. The predicted molar refractivity (Wildman–Crippen MR) is 65.7 cm³/mol. The van der Waals surface area contributed by atoms with E-state index in [0.29, 0.717) is 5.88 Å². The van der Waals surface area contributed by atoms with Gasteiger partial charge in [0.15, 0.2) is 0 Å². The maximum atomic E-state index is 5.94. The first kappa shape index (κ1) is 9.05. The smallest absolute Gasteiger partial charge is 0.0480 e. The third kappa shape index (κ3) is 1.30. The van der Waals surface area contributed by atoms with E-state index < -0.39 is 0 Å². The summed E-state index contributed by atoms with van der Waals surface area (Å²) in [4.78, 5) is 0. The Morgan fingerprint density at radius 2 is 2.07 bits per heavy atom. The first-order valence-electron chi connectivity index (χ1n) is 5.23. The number of rotatable bonds is 1. The van der Waals surface area contributed by atoms with Gasteiger partial charge in [0.2, 0.25) is 0 Å². The molecule has 3 rings (SSSR count). The van der Waals surface area contributed by atoms with Gasteiger partial charge in [-0.2, -0.15) is 0 Å². The molecule has 2 heteroatoms. The van der Waals surface area contributed by atoms with Crippen molar-refractivity contribution >= 4 is 28.1 Å². The van der Waals surface area contributed by atoms with Crippen molar-refractivity contribution in [2.75, 3.05) is 11.9 Å². The van der Waals surface area contributed by atoms with Gasteiger partial charge in [-0.15, -0.1) is 11.6 Å². The van der Waals surface area contributed by atoms with Crippen LogP contribution in [0.3, 0.4) is 0 Å². The highest BCUT2D eigenvalue weighted by atomic mass is 35.5. The summed E-state index contributed by atoms with van der Waals surface area (Å²) in [7, 11) is 0. The molecule has 0 aliphatic carbocycles. The minimum absolute atomic E-state index is 0.587. The number of alkyl halides is 1. The van der Waals surface area contributed by atoms with Crippen LogP contribution in [0, 0.1) is 0 Å². The van der Waals surface area contributed by atoms with Gasteiger partial charge in [0, 0.05) is 18.1 Å². The van der Waals surface area contributed by atoms with Crippen molar-refractivity contribution in [1.29, 1.82) is 0 Å². The van der Waals surface area contributed by atoms with Crippen molar-refractivity contribution in [3.05, 3.63) is 41.5 Å². The summed E-state index contributed by atoms with van der Waals surface area (Å²) >= 11 is 5.94. The van der Waals surface area contributed by atoms with Crippen LogP contribution >= 0.6 is 11.6 Å². The molecule has 0 saturated heterocycles. The average molecular weight is 218 g/mol. The number of hydrogen-bond donors (Lipinski definition) is 1. The van der Waals surface area contributed by atoms with Crippen LogP contribution in [0.2, 0.25) is 0 Å². The lowest BCUT2D eigenvalue weighted by Crippen LogP contribution is -1.90. The first-order valence-corrected chi connectivity index (χ1v) is 5.77. The summed E-state index contributed by atoms with van der Waals surface area (Å²) in [5.41, 5.74) is 3.96. The Hall–Kier alpha value is -1.21. The molecule has 0 unspecified atom stereocenters. The summed E-state index contributed by atoms with van der Waals surface area (Å²) in [6, 6.07) is 10.7. The molecule has 1 aliphatic heterocycles. The van der Waals surface area contributed by atoms with Gasteiger partial charge in [-0.05, 0) is 34.4 Å². The molecule has 0 spiro atoms. The summed E-state index contributed by atoms with van der Waals surface area (Å²) in [5.74, 6) is 0.587. The second-order valence-electron chi connectivity index (χ2n) is 3.91. The molecule has 0 atom stereocenters. The normalized spacial score (nSPS) is 13.9. The molecule has 1 N–H and O–H groups in total. The standard InChI is InChI=1S/C13H12ClN/c14-8-9-2-1-3-11-10(9)4-5-13-12(11)6-7-15-13/h1-5,15H,6-8H2. The van der Waals surface area contributed by atoms with E-state index in [9.17, 15) is 0 Å². The van der Waals surface area contributed by atoms with Crippen LogP contribution in [0.1, 0.15) is 11.1 Å². The molecule has 15 heavy (non-hydrogen) atoms. The van der Waals surface area contributed by atoms with Gasteiger partial charge >= 0.3 is 0 Å². The van der Waals surface area contributed by atoms with Gasteiger partial charge in [0.05, 0.1) is 0 Å². The van der Waals surface area contributed by atoms with E-state index >= 15 is 0 Å². The van der Waals surface area contributed by atoms with Gasteiger partial charge in [-0.25, -0.2) is 0 Å². The lowest BCUT2D eigenvalue weighted by atomic mass is 9.99. The quantitative estimate of drug-likeness (QED) is 0.721. The van der Waals surface area contributed by atoms with E-state index in [1.54, 1.807) is 0 Å². The minimum atomic E-state index is 0.587. The Kier molecular flexibility index (Phi) is 2.06. The van der Waals surface area contributed by atoms with Crippen molar-refractivity contribution in [2.24, 2.45) is 0 Å². The number of fused-ring (bicyclic) bond motifs is 3. The van der Waals surface area contributed by atoms with Gasteiger partial charge in [-0.3, -0.25) is 0 Å². The molecular formula is C13H12ClN. The van der Waals surface area contributed by atoms with E-state index in [2.05, 4.69) is 35.6 Å². The zero-order chi connectivity index (χ0) is 10.3. The maximum Gasteiger partial charge on any atom is 0.0480 e. The fraction of sp³-hybridized carbons (Fsp3) is 0.231. The summed E-state index contributed by atoms with van der Waals surface area (Å²) in [6.45, 7) is 1.06. The zero-order valence-corrected chi connectivity index (χ0v) is 9.14. The topological polar surface area (TPSA) is 12.0 Å². The van der Waals surface area contributed by atoms with Gasteiger partial charge in [0.1, 0.15) is 0 Å². The fourth-order valence-corrected chi connectivity index (χ4v) is 2.59. The van der Waals surface area contributed by atoms with Crippen LogP contribution in [0.5, 0.6) is 0 Å². The van der Waals surface area contributed by atoms with E-state index in [1.807, 2.05) is 0 Å². The summed E-state index contributed by atoms with van der Waals surface area (Å²) < 4.78 is 0. The van der Waals surface area contributed by atoms with Crippen molar-refractivity contribution in [1.82, 2.24) is 0 Å². The van der Waals surface area contributed by atoms with Crippen molar-refractivity contribution < 1.29 is 0 Å². The summed E-state index contributed by atoms with van der Waals surface area (Å²) in [5, 5.41) is 6.05. The monoisotopic (exact) mass is 217 g/mol. The molecule has 0 bridgehead atoms. The Morgan fingerprint density at radius 3 is 2.93 bits per heavy atom. The average Bonchev–Trinajstić information content (AvgIpc) is 2.76. The van der Waals surface area contributed by atoms with Crippen molar-refractivity contribution in [3.8, 4) is 0 Å². The second kappa shape index (κ2) is 3.42. The molecule has 1 heterocycles.